The molecule has 0 aliphatic carbocycles. The van der Waals surface area contributed by atoms with E-state index in [1.54, 1.807) is 30.7 Å². The van der Waals surface area contributed by atoms with E-state index in [-0.39, 0.29) is 5.91 Å². The summed E-state index contributed by atoms with van der Waals surface area (Å²) >= 11 is 7.06. The molecule has 0 spiro atoms. The summed E-state index contributed by atoms with van der Waals surface area (Å²) in [7, 11) is 0. The number of carbonyl (C=O) groups is 1. The molecule has 3 aromatic heterocycles. The average molecular weight is 498 g/mol. The predicted octanol–water partition coefficient (Wildman–Crippen LogP) is 3.64. The Labute approximate surface area is 203 Å². The minimum atomic E-state index is -0.333. The zero-order chi connectivity index (χ0) is 23.3. The molecule has 1 amide bonds. The number of ether oxygens (including phenoxy) is 2. The number of aromatic amines is 1. The first-order chi connectivity index (χ1) is 16.7. The van der Waals surface area contributed by atoms with Crippen molar-refractivity contribution >= 4 is 39.7 Å². The molecule has 1 saturated heterocycles. The van der Waals surface area contributed by atoms with Gasteiger partial charge in [0.15, 0.2) is 5.82 Å². The molecule has 0 atom stereocenters. The molecule has 0 radical (unpaired) electrons. The molecule has 2 N–H and O–H groups in total. The van der Waals surface area contributed by atoms with Crippen LogP contribution in [-0.4, -0.2) is 57.4 Å². The van der Waals surface area contributed by atoms with Gasteiger partial charge in [-0.3, -0.25) is 15.1 Å². The number of nitrogens with one attached hydrogen (secondary N) is 2. The van der Waals surface area contributed by atoms with Crippen LogP contribution in [0.3, 0.4) is 0 Å². The summed E-state index contributed by atoms with van der Waals surface area (Å²) in [6.07, 6.45) is 4.94. The average Bonchev–Trinajstić information content (AvgIpc) is 3.56. The number of H-pyrrole nitrogens is 1. The van der Waals surface area contributed by atoms with Crippen molar-refractivity contribution in [2.45, 2.75) is 6.61 Å². The van der Waals surface area contributed by atoms with Gasteiger partial charge in [-0.25, -0.2) is 4.98 Å². The third kappa shape index (κ3) is 5.16. The molecule has 12 heteroatoms. The van der Waals surface area contributed by atoms with Crippen molar-refractivity contribution in [3.05, 3.63) is 65.1 Å². The van der Waals surface area contributed by atoms with E-state index >= 15 is 0 Å². The number of halogens is 1. The van der Waals surface area contributed by atoms with Gasteiger partial charge in [-0.05, 0) is 35.1 Å². The van der Waals surface area contributed by atoms with E-state index in [2.05, 4.69) is 35.4 Å². The quantitative estimate of drug-likeness (QED) is 0.397. The molecule has 10 nitrogen and oxygen atoms in total. The number of hydrogen-bond donors (Lipinski definition) is 2. The number of nitrogens with zero attached hydrogens (tertiary/aromatic N) is 5. The highest BCUT2D eigenvalue weighted by atomic mass is 35.5. The highest BCUT2D eigenvalue weighted by Gasteiger charge is 2.22. The predicted molar refractivity (Wildman–Crippen MR) is 128 cm³/mol. The number of hydrogen-bond acceptors (Lipinski definition) is 9. The maximum Gasteiger partial charge on any atom is 0.296 e. The van der Waals surface area contributed by atoms with Gasteiger partial charge in [0.05, 0.1) is 24.5 Å². The van der Waals surface area contributed by atoms with E-state index in [0.29, 0.717) is 65.3 Å². The van der Waals surface area contributed by atoms with Gasteiger partial charge in [0.1, 0.15) is 12.3 Å². The SMILES string of the molecule is O=C(Nc1nnc(OCc2ccc(Cl)cc2)s1)c1cnc(-c2ncc[nH]2)cc1N1CCOCC1. The molecular weight excluding hydrogens is 478 g/mol. The van der Waals surface area contributed by atoms with Crippen molar-refractivity contribution in [2.24, 2.45) is 0 Å². The second-order valence-electron chi connectivity index (χ2n) is 7.37. The highest BCUT2D eigenvalue weighted by Crippen LogP contribution is 2.28. The lowest BCUT2D eigenvalue weighted by molar-refractivity contribution is 0.102. The van der Waals surface area contributed by atoms with E-state index in [1.807, 2.05) is 18.2 Å². The Hall–Kier alpha value is -3.54. The summed E-state index contributed by atoms with van der Waals surface area (Å²) in [5.41, 5.74) is 2.78. The van der Waals surface area contributed by atoms with Gasteiger partial charge >= 0.3 is 0 Å². The number of imidazole rings is 1. The van der Waals surface area contributed by atoms with Crippen LogP contribution in [0.25, 0.3) is 11.5 Å². The van der Waals surface area contributed by atoms with E-state index in [9.17, 15) is 4.79 Å². The molecule has 1 aliphatic heterocycles. The first-order valence-electron chi connectivity index (χ1n) is 10.5. The lowest BCUT2D eigenvalue weighted by Gasteiger charge is -2.30. The second-order valence-corrected chi connectivity index (χ2v) is 8.74. The second kappa shape index (κ2) is 10.2. The van der Waals surface area contributed by atoms with Crippen molar-refractivity contribution < 1.29 is 14.3 Å². The number of aromatic nitrogens is 5. The number of pyridine rings is 1. The third-order valence-corrected chi connectivity index (χ3v) is 6.13. The standard InChI is InChI=1S/C22H20ClN7O3S/c23-15-3-1-14(2-4-15)13-33-22-29-28-21(34-22)27-20(31)16-12-26-17(19-24-5-6-25-19)11-18(16)30-7-9-32-10-8-30/h1-6,11-12H,7-10,13H2,(H,24,25)(H,27,28,31). The molecule has 1 aromatic carbocycles. The van der Waals surface area contributed by atoms with Crippen LogP contribution in [-0.2, 0) is 11.3 Å². The van der Waals surface area contributed by atoms with E-state index < -0.39 is 0 Å². The van der Waals surface area contributed by atoms with Crippen LogP contribution in [0.1, 0.15) is 15.9 Å². The summed E-state index contributed by atoms with van der Waals surface area (Å²) < 4.78 is 11.2. The van der Waals surface area contributed by atoms with Gasteiger partial charge in [-0.2, -0.15) is 0 Å². The van der Waals surface area contributed by atoms with Crippen LogP contribution in [0, 0.1) is 0 Å². The fraction of sp³-hybridized carbons (Fsp3) is 0.227. The summed E-state index contributed by atoms with van der Waals surface area (Å²) in [6, 6.07) is 9.20. The van der Waals surface area contributed by atoms with Crippen LogP contribution in [0.4, 0.5) is 10.8 Å². The largest absolute Gasteiger partial charge is 0.464 e. The van der Waals surface area contributed by atoms with Gasteiger partial charge in [0, 0.05) is 36.7 Å². The molecule has 34 heavy (non-hydrogen) atoms. The van der Waals surface area contributed by atoms with Crippen LogP contribution in [0.15, 0.2) is 48.9 Å². The lowest BCUT2D eigenvalue weighted by Crippen LogP contribution is -2.37. The topological polar surface area (TPSA) is 118 Å². The molecular formula is C22H20ClN7O3S. The minimum Gasteiger partial charge on any atom is -0.464 e. The summed E-state index contributed by atoms with van der Waals surface area (Å²) in [6.45, 7) is 2.83. The number of benzene rings is 1. The molecule has 5 rings (SSSR count). The summed E-state index contributed by atoms with van der Waals surface area (Å²) in [5, 5.41) is 12.2. The fourth-order valence-electron chi connectivity index (χ4n) is 3.43. The van der Waals surface area contributed by atoms with Gasteiger partial charge in [-0.15, -0.1) is 5.10 Å². The highest BCUT2D eigenvalue weighted by molar-refractivity contribution is 7.17. The minimum absolute atomic E-state index is 0.319. The normalized spacial score (nSPS) is 13.6. The first-order valence-corrected chi connectivity index (χ1v) is 11.7. The maximum atomic E-state index is 13.1. The zero-order valence-corrected chi connectivity index (χ0v) is 19.5. The Morgan fingerprint density at radius 1 is 1.21 bits per heavy atom. The fourth-order valence-corrected chi connectivity index (χ4v) is 4.15. The van der Waals surface area contributed by atoms with E-state index in [4.69, 9.17) is 21.1 Å². The molecule has 1 fully saturated rings. The lowest BCUT2D eigenvalue weighted by atomic mass is 10.1. The van der Waals surface area contributed by atoms with Gasteiger partial charge in [0.2, 0.25) is 5.13 Å². The molecule has 1 aliphatic rings. The number of rotatable bonds is 7. The van der Waals surface area contributed by atoms with Crippen molar-refractivity contribution in [2.75, 3.05) is 36.5 Å². The van der Waals surface area contributed by atoms with Crippen LogP contribution in [0.5, 0.6) is 5.19 Å². The monoisotopic (exact) mass is 497 g/mol. The zero-order valence-electron chi connectivity index (χ0n) is 17.9. The van der Waals surface area contributed by atoms with E-state index in [0.717, 1.165) is 22.6 Å². The molecule has 0 unspecified atom stereocenters. The van der Waals surface area contributed by atoms with Gasteiger partial charge < -0.3 is 19.4 Å². The Bertz CT molecular complexity index is 1260. The molecule has 0 bridgehead atoms. The van der Waals surface area contributed by atoms with Crippen molar-refractivity contribution in [1.82, 2.24) is 25.1 Å². The van der Waals surface area contributed by atoms with Crippen molar-refractivity contribution in [3.8, 4) is 16.7 Å². The van der Waals surface area contributed by atoms with Gasteiger partial charge in [0.25, 0.3) is 11.1 Å². The molecule has 4 aromatic rings. The summed E-state index contributed by atoms with van der Waals surface area (Å²) in [4.78, 5) is 27.0. The number of morpholine rings is 1. The third-order valence-electron chi connectivity index (χ3n) is 5.12. The van der Waals surface area contributed by atoms with Gasteiger partial charge in [-0.1, -0.05) is 28.8 Å². The number of amides is 1. The van der Waals surface area contributed by atoms with Crippen LogP contribution >= 0.6 is 22.9 Å². The van der Waals surface area contributed by atoms with Crippen molar-refractivity contribution in [3.63, 3.8) is 0 Å². The molecule has 174 valence electrons. The van der Waals surface area contributed by atoms with E-state index in [1.165, 1.54) is 0 Å². The van der Waals surface area contributed by atoms with Crippen LogP contribution < -0.4 is 15.0 Å². The smallest absolute Gasteiger partial charge is 0.296 e. The van der Waals surface area contributed by atoms with Crippen LogP contribution in [0.2, 0.25) is 5.02 Å². The number of anilines is 2. The maximum absolute atomic E-state index is 13.1. The number of carbonyl (C=O) groups excluding carboxylic acids is 1. The summed E-state index contributed by atoms with van der Waals surface area (Å²) in [5.74, 6) is 0.299. The Morgan fingerprint density at radius 2 is 2.03 bits per heavy atom. The molecule has 4 heterocycles. The first kappa shape index (κ1) is 22.3. The van der Waals surface area contributed by atoms with Crippen molar-refractivity contribution in [1.29, 1.82) is 0 Å². The Morgan fingerprint density at radius 3 is 2.79 bits per heavy atom. The molecule has 0 saturated carbocycles. The Balaban J connectivity index is 1.31. The Kier molecular flexibility index (Phi) is 6.65.